The van der Waals surface area contributed by atoms with Crippen LogP contribution in [0.1, 0.15) is 117 Å². The Bertz CT molecular complexity index is 408. The zero-order valence-electron chi connectivity index (χ0n) is 18.9. The molecule has 0 atom stereocenters. The van der Waals surface area contributed by atoms with Crippen LogP contribution < -0.4 is 24.8 Å². The van der Waals surface area contributed by atoms with E-state index >= 15 is 0 Å². The van der Waals surface area contributed by atoms with Crippen LogP contribution in [-0.4, -0.2) is 0 Å². The molecule has 2 rings (SSSR count). The molecule has 0 nitrogen and oxygen atoms in total. The van der Waals surface area contributed by atoms with Crippen LogP contribution in [0.25, 0.3) is 0 Å². The Morgan fingerprint density at radius 1 is 0.586 bits per heavy atom. The van der Waals surface area contributed by atoms with E-state index in [9.17, 15) is 0 Å². The van der Waals surface area contributed by atoms with Crippen LogP contribution in [0.5, 0.6) is 0 Å². The summed E-state index contributed by atoms with van der Waals surface area (Å²) in [7, 11) is 0. The second-order valence-electron chi connectivity index (χ2n) is 7.65. The molecule has 0 aromatic carbocycles. The fourth-order valence-electron chi connectivity index (χ4n) is 3.44. The summed E-state index contributed by atoms with van der Waals surface area (Å²) in [4.78, 5) is 0. The van der Waals surface area contributed by atoms with Gasteiger partial charge in [-0.15, -0.1) is 12.8 Å². The van der Waals surface area contributed by atoms with Crippen LogP contribution in [0.4, 0.5) is 0 Å². The molecule has 0 bridgehead atoms. The van der Waals surface area contributed by atoms with E-state index in [4.69, 9.17) is 0 Å². The van der Waals surface area contributed by atoms with Gasteiger partial charge in [-0.3, -0.25) is 12.2 Å². The van der Waals surface area contributed by atoms with Gasteiger partial charge in [0.2, 0.25) is 0 Å². The summed E-state index contributed by atoms with van der Waals surface area (Å²) < 4.78 is 0. The summed E-state index contributed by atoms with van der Waals surface area (Å²) in [6.45, 7) is 4.53. The van der Waals surface area contributed by atoms with Crippen molar-refractivity contribution in [3.63, 3.8) is 0 Å². The molecule has 0 spiro atoms. The SMILES string of the molecule is CCCCCCCCC1=[C-]CC=C1.CCCCCCCCC1=[C-]CC=C1.[Cl-].[Cl-].[Zr+4]. The minimum Gasteiger partial charge on any atom is -1.00 e. The molecule has 0 aromatic heterocycles. The minimum absolute atomic E-state index is 0. The van der Waals surface area contributed by atoms with Crippen molar-refractivity contribution < 1.29 is 51.0 Å². The summed E-state index contributed by atoms with van der Waals surface area (Å²) in [6.07, 6.45) is 36.9. The molecule has 0 amide bonds. The van der Waals surface area contributed by atoms with Gasteiger partial charge in [-0.1, -0.05) is 104 Å². The van der Waals surface area contributed by atoms with Crippen LogP contribution in [0.3, 0.4) is 0 Å². The molecule has 0 aromatic rings. The van der Waals surface area contributed by atoms with E-state index in [1.54, 1.807) is 0 Å². The van der Waals surface area contributed by atoms with E-state index in [1.165, 1.54) is 101 Å². The Balaban J connectivity index is -0.000000422. The van der Waals surface area contributed by atoms with Crippen LogP contribution >= 0.6 is 0 Å². The number of halogens is 2. The molecule has 29 heavy (non-hydrogen) atoms. The largest absolute Gasteiger partial charge is 4.00 e. The van der Waals surface area contributed by atoms with E-state index in [1.807, 2.05) is 0 Å². The fourth-order valence-corrected chi connectivity index (χ4v) is 3.44. The van der Waals surface area contributed by atoms with Gasteiger partial charge in [0.05, 0.1) is 0 Å². The third-order valence-electron chi connectivity index (χ3n) is 5.13. The third-order valence-corrected chi connectivity index (χ3v) is 5.13. The third kappa shape index (κ3) is 21.4. The van der Waals surface area contributed by atoms with Gasteiger partial charge in [-0.25, -0.2) is 23.3 Å². The Labute approximate surface area is 214 Å². The maximum atomic E-state index is 3.36. The topological polar surface area (TPSA) is 0 Å². The summed E-state index contributed by atoms with van der Waals surface area (Å²) >= 11 is 0. The predicted molar refractivity (Wildman–Crippen MR) is 117 cm³/mol. The fraction of sp³-hybridized carbons (Fsp3) is 0.692. The molecular formula is C26H42Cl2Zr. The summed E-state index contributed by atoms with van der Waals surface area (Å²) in [5.74, 6) is 0. The first-order chi connectivity index (χ1) is 12.9. The van der Waals surface area contributed by atoms with Gasteiger partial charge in [0.15, 0.2) is 0 Å². The average molecular weight is 517 g/mol. The molecule has 3 heteroatoms. The number of rotatable bonds is 14. The summed E-state index contributed by atoms with van der Waals surface area (Å²) in [5.41, 5.74) is 2.88. The van der Waals surface area contributed by atoms with Crippen molar-refractivity contribution in [2.24, 2.45) is 0 Å². The number of unbranched alkanes of at least 4 members (excludes halogenated alkanes) is 10. The Kier molecular flexibility index (Phi) is 31.1. The molecule has 164 valence electrons. The molecule has 0 fully saturated rings. The van der Waals surface area contributed by atoms with E-state index in [0.29, 0.717) is 0 Å². The summed E-state index contributed by atoms with van der Waals surface area (Å²) in [6, 6.07) is 0. The normalized spacial score (nSPS) is 13.4. The van der Waals surface area contributed by atoms with Crippen molar-refractivity contribution in [3.8, 4) is 0 Å². The van der Waals surface area contributed by atoms with Crippen molar-refractivity contribution in [2.75, 3.05) is 0 Å². The first-order valence-corrected chi connectivity index (χ1v) is 11.4. The molecule has 0 aliphatic heterocycles. The zero-order chi connectivity index (χ0) is 18.7. The van der Waals surface area contributed by atoms with Gasteiger partial charge in [0, 0.05) is 0 Å². The molecule has 0 N–H and O–H groups in total. The first kappa shape index (κ1) is 34.0. The maximum absolute atomic E-state index is 3.36. The molecule has 0 unspecified atom stereocenters. The minimum atomic E-state index is 0. The quantitative estimate of drug-likeness (QED) is 0.246. The van der Waals surface area contributed by atoms with E-state index in [0.717, 1.165) is 12.8 Å². The second-order valence-corrected chi connectivity index (χ2v) is 7.65. The molecule has 2 aliphatic carbocycles. The van der Waals surface area contributed by atoms with Crippen LogP contribution in [0.2, 0.25) is 0 Å². The van der Waals surface area contributed by atoms with Gasteiger partial charge in [0.25, 0.3) is 0 Å². The molecule has 0 saturated carbocycles. The molecule has 0 saturated heterocycles. The van der Waals surface area contributed by atoms with Gasteiger partial charge in [-0.05, 0) is 0 Å². The van der Waals surface area contributed by atoms with Crippen LogP contribution in [-0.2, 0) is 26.2 Å². The molecule has 2 aliphatic rings. The Morgan fingerprint density at radius 2 is 0.931 bits per heavy atom. The molecule has 0 radical (unpaired) electrons. The average Bonchev–Trinajstić information content (AvgIpc) is 3.35. The number of hydrogen-bond acceptors (Lipinski definition) is 0. The van der Waals surface area contributed by atoms with Crippen molar-refractivity contribution >= 4 is 0 Å². The Hall–Kier alpha value is 0.423. The molecular weight excluding hydrogens is 474 g/mol. The monoisotopic (exact) mass is 514 g/mol. The molecule has 0 heterocycles. The smallest absolute Gasteiger partial charge is 1.00 e. The number of allylic oxidation sites excluding steroid dienone is 8. The van der Waals surface area contributed by atoms with Gasteiger partial charge >= 0.3 is 26.2 Å². The summed E-state index contributed by atoms with van der Waals surface area (Å²) in [5, 5.41) is 0. The van der Waals surface area contributed by atoms with Crippen LogP contribution in [0, 0.1) is 12.2 Å². The van der Waals surface area contributed by atoms with Crippen molar-refractivity contribution in [1.29, 1.82) is 0 Å². The van der Waals surface area contributed by atoms with Gasteiger partial charge in [-0.2, -0.15) is 12.2 Å². The van der Waals surface area contributed by atoms with Crippen molar-refractivity contribution in [1.82, 2.24) is 0 Å². The predicted octanol–water partition coefficient (Wildman–Crippen LogP) is 2.86. The van der Waals surface area contributed by atoms with Gasteiger partial charge in [0.1, 0.15) is 0 Å². The van der Waals surface area contributed by atoms with Gasteiger partial charge < -0.3 is 24.8 Å². The maximum Gasteiger partial charge on any atom is 4.00 e. The van der Waals surface area contributed by atoms with Crippen molar-refractivity contribution in [3.05, 3.63) is 47.6 Å². The second kappa shape index (κ2) is 26.5. The van der Waals surface area contributed by atoms with E-state index < -0.39 is 0 Å². The number of hydrogen-bond donors (Lipinski definition) is 0. The van der Waals surface area contributed by atoms with E-state index in [2.05, 4.69) is 50.3 Å². The van der Waals surface area contributed by atoms with E-state index in [-0.39, 0.29) is 51.0 Å². The standard InChI is InChI=1S/2C13H21.2ClH.Zr/c2*1-2-3-4-5-6-7-10-13-11-8-9-12-13;;;/h2*8,11H,2-7,9-10H2,1H3;2*1H;/q2*-1;;;+4/p-2. The Morgan fingerprint density at radius 3 is 1.24 bits per heavy atom. The zero-order valence-corrected chi connectivity index (χ0v) is 22.8. The van der Waals surface area contributed by atoms with Crippen LogP contribution in [0.15, 0.2) is 35.5 Å². The van der Waals surface area contributed by atoms with Crippen molar-refractivity contribution in [2.45, 2.75) is 117 Å². The first-order valence-electron chi connectivity index (χ1n) is 11.4.